The molecule has 0 saturated carbocycles. The van der Waals surface area contributed by atoms with Crippen molar-refractivity contribution in [1.29, 1.82) is 0 Å². The van der Waals surface area contributed by atoms with Crippen LogP contribution in [0.4, 0.5) is 0 Å². The monoisotopic (exact) mass is 539 g/mol. The SMILES string of the molecule is COCC[C@H](C[C@@H](Cc1ccc(-c2ccccc2)cc1)C(=O)NCCC(=O)OC(C)(C)C)C(=O)OC(C)(C)C. The number of methoxy groups -OCH3 is 1. The molecule has 0 aliphatic heterocycles. The van der Waals surface area contributed by atoms with Crippen LogP contribution < -0.4 is 5.32 Å². The summed E-state index contributed by atoms with van der Waals surface area (Å²) in [6.07, 6.45) is 1.26. The standard InChI is InChI=1S/C32H45NO6/c1-31(2,3)38-28(34)17-19-33-29(35)27(22-26(18-20-37-7)30(36)39-32(4,5)6)21-23-13-15-25(16-14-23)24-11-9-8-10-12-24/h8-16,26-27H,17-22H2,1-7H3,(H,33,35)/t26-,27-/m1/s1. The second-order valence-corrected chi connectivity index (χ2v) is 11.8. The zero-order chi connectivity index (χ0) is 29.1. The minimum atomic E-state index is -0.638. The number of hydrogen-bond donors (Lipinski definition) is 1. The lowest BCUT2D eigenvalue weighted by atomic mass is 9.86. The summed E-state index contributed by atoms with van der Waals surface area (Å²) in [7, 11) is 1.58. The van der Waals surface area contributed by atoms with Gasteiger partial charge in [-0.1, -0.05) is 54.6 Å². The molecule has 1 N–H and O–H groups in total. The van der Waals surface area contributed by atoms with E-state index >= 15 is 0 Å². The van der Waals surface area contributed by atoms with E-state index in [-0.39, 0.29) is 30.8 Å². The first-order chi connectivity index (χ1) is 18.3. The molecule has 0 spiro atoms. The van der Waals surface area contributed by atoms with Crippen LogP contribution in [0.15, 0.2) is 54.6 Å². The van der Waals surface area contributed by atoms with E-state index in [4.69, 9.17) is 14.2 Å². The van der Waals surface area contributed by atoms with Gasteiger partial charge < -0.3 is 19.5 Å². The second kappa shape index (κ2) is 14.8. The molecule has 2 rings (SSSR count). The van der Waals surface area contributed by atoms with E-state index < -0.39 is 23.0 Å². The van der Waals surface area contributed by atoms with Crippen LogP contribution >= 0.6 is 0 Å². The van der Waals surface area contributed by atoms with Gasteiger partial charge in [0.1, 0.15) is 11.2 Å². The number of rotatable bonds is 13. The highest BCUT2D eigenvalue weighted by molar-refractivity contribution is 5.81. The number of benzene rings is 2. The number of nitrogens with one attached hydrogen (secondary N) is 1. The first kappa shape index (κ1) is 32.0. The third-order valence-corrected chi connectivity index (χ3v) is 5.94. The van der Waals surface area contributed by atoms with Crippen LogP contribution in [0.25, 0.3) is 11.1 Å². The van der Waals surface area contributed by atoms with E-state index in [1.54, 1.807) is 27.9 Å². The predicted molar refractivity (Wildman–Crippen MR) is 153 cm³/mol. The Morgan fingerprint density at radius 1 is 0.795 bits per heavy atom. The van der Waals surface area contributed by atoms with Gasteiger partial charge in [-0.15, -0.1) is 0 Å². The quantitative estimate of drug-likeness (QED) is 0.326. The molecule has 0 saturated heterocycles. The molecule has 1 amide bonds. The van der Waals surface area contributed by atoms with Gasteiger partial charge in [0.15, 0.2) is 0 Å². The summed E-state index contributed by atoms with van der Waals surface area (Å²) in [5.41, 5.74) is 1.96. The molecule has 7 nitrogen and oxygen atoms in total. The van der Waals surface area contributed by atoms with E-state index in [0.29, 0.717) is 25.9 Å². The van der Waals surface area contributed by atoms with Crippen molar-refractivity contribution in [2.24, 2.45) is 11.8 Å². The van der Waals surface area contributed by atoms with Crippen LogP contribution in [-0.4, -0.2) is 49.3 Å². The molecule has 2 aromatic rings. The van der Waals surface area contributed by atoms with E-state index in [1.807, 2.05) is 63.2 Å². The molecule has 0 fully saturated rings. The molecule has 7 heteroatoms. The van der Waals surface area contributed by atoms with Crippen LogP contribution in [0.1, 0.15) is 66.4 Å². The zero-order valence-electron chi connectivity index (χ0n) is 24.5. The lowest BCUT2D eigenvalue weighted by molar-refractivity contribution is -0.161. The van der Waals surface area contributed by atoms with Crippen molar-refractivity contribution in [3.8, 4) is 11.1 Å². The maximum Gasteiger partial charge on any atom is 0.309 e. The largest absolute Gasteiger partial charge is 0.460 e. The molecule has 0 heterocycles. The fourth-order valence-corrected chi connectivity index (χ4v) is 4.18. The Morgan fingerprint density at radius 3 is 1.95 bits per heavy atom. The molecule has 39 heavy (non-hydrogen) atoms. The number of amides is 1. The Hall–Kier alpha value is -3.19. The maximum absolute atomic E-state index is 13.4. The summed E-state index contributed by atoms with van der Waals surface area (Å²) in [6, 6.07) is 18.2. The summed E-state index contributed by atoms with van der Waals surface area (Å²) >= 11 is 0. The fraction of sp³-hybridized carbons (Fsp3) is 0.531. The second-order valence-electron chi connectivity index (χ2n) is 11.8. The highest BCUT2D eigenvalue weighted by Crippen LogP contribution is 2.26. The van der Waals surface area contributed by atoms with Gasteiger partial charge in [0.2, 0.25) is 5.91 Å². The van der Waals surface area contributed by atoms with Gasteiger partial charge in [-0.05, 0) is 77.5 Å². The lowest BCUT2D eigenvalue weighted by Gasteiger charge is -2.26. The zero-order valence-corrected chi connectivity index (χ0v) is 24.5. The summed E-state index contributed by atoms with van der Waals surface area (Å²) in [4.78, 5) is 38.5. The number of ether oxygens (including phenoxy) is 3. The lowest BCUT2D eigenvalue weighted by Crippen LogP contribution is -2.37. The molecule has 0 radical (unpaired) electrons. The molecule has 2 atom stereocenters. The Bertz CT molecular complexity index is 1050. The van der Waals surface area contributed by atoms with Gasteiger partial charge in [-0.25, -0.2) is 0 Å². The third kappa shape index (κ3) is 12.5. The van der Waals surface area contributed by atoms with Gasteiger partial charge in [0.25, 0.3) is 0 Å². The molecule has 2 aromatic carbocycles. The minimum Gasteiger partial charge on any atom is -0.460 e. The van der Waals surface area contributed by atoms with Gasteiger partial charge in [0.05, 0.1) is 12.3 Å². The Balaban J connectivity index is 2.19. The van der Waals surface area contributed by atoms with Crippen molar-refractivity contribution >= 4 is 17.8 Å². The van der Waals surface area contributed by atoms with E-state index in [2.05, 4.69) is 17.4 Å². The van der Waals surface area contributed by atoms with Crippen molar-refractivity contribution in [3.05, 3.63) is 60.2 Å². The van der Waals surface area contributed by atoms with Crippen molar-refractivity contribution < 1.29 is 28.6 Å². The van der Waals surface area contributed by atoms with Gasteiger partial charge >= 0.3 is 11.9 Å². The number of carbonyl (C=O) groups is 3. The van der Waals surface area contributed by atoms with Crippen molar-refractivity contribution in [1.82, 2.24) is 5.32 Å². The predicted octanol–water partition coefficient (Wildman–Crippen LogP) is 5.74. The first-order valence-corrected chi connectivity index (χ1v) is 13.6. The normalized spacial score (nSPS) is 13.3. The van der Waals surface area contributed by atoms with Crippen LogP contribution in [0, 0.1) is 11.8 Å². The van der Waals surface area contributed by atoms with Gasteiger partial charge in [0, 0.05) is 26.2 Å². The smallest absolute Gasteiger partial charge is 0.309 e. The van der Waals surface area contributed by atoms with Crippen molar-refractivity contribution in [3.63, 3.8) is 0 Å². The van der Waals surface area contributed by atoms with Crippen molar-refractivity contribution in [2.45, 2.75) is 78.4 Å². The fourth-order valence-electron chi connectivity index (χ4n) is 4.18. The minimum absolute atomic E-state index is 0.0701. The summed E-state index contributed by atoms with van der Waals surface area (Å²) < 4.78 is 16.2. The number of hydrogen-bond acceptors (Lipinski definition) is 6. The van der Waals surface area contributed by atoms with Crippen LogP contribution in [0.3, 0.4) is 0 Å². The Labute approximate surface area is 233 Å². The topological polar surface area (TPSA) is 90.9 Å². The average molecular weight is 540 g/mol. The molecule has 0 unspecified atom stereocenters. The molecular weight excluding hydrogens is 494 g/mol. The summed E-state index contributed by atoms with van der Waals surface area (Å²) in [5, 5.41) is 2.88. The molecule has 0 aliphatic rings. The maximum atomic E-state index is 13.4. The highest BCUT2D eigenvalue weighted by Gasteiger charge is 2.31. The van der Waals surface area contributed by atoms with Gasteiger partial charge in [-0.2, -0.15) is 0 Å². The number of esters is 2. The van der Waals surface area contributed by atoms with Crippen LogP contribution in [0.2, 0.25) is 0 Å². The molecular formula is C32H45NO6. The number of carbonyl (C=O) groups excluding carboxylic acids is 3. The van der Waals surface area contributed by atoms with Crippen LogP contribution in [0.5, 0.6) is 0 Å². The summed E-state index contributed by atoms with van der Waals surface area (Å²) in [5.74, 6) is -1.93. The van der Waals surface area contributed by atoms with Crippen LogP contribution in [-0.2, 0) is 35.0 Å². The van der Waals surface area contributed by atoms with Gasteiger partial charge in [-0.3, -0.25) is 14.4 Å². The van der Waals surface area contributed by atoms with E-state index in [1.165, 1.54) is 0 Å². The highest BCUT2D eigenvalue weighted by atomic mass is 16.6. The first-order valence-electron chi connectivity index (χ1n) is 13.6. The molecule has 0 aliphatic carbocycles. The van der Waals surface area contributed by atoms with Crippen molar-refractivity contribution in [2.75, 3.05) is 20.3 Å². The Morgan fingerprint density at radius 2 is 1.38 bits per heavy atom. The third-order valence-electron chi connectivity index (χ3n) is 5.94. The average Bonchev–Trinajstić information content (AvgIpc) is 2.84. The van der Waals surface area contributed by atoms with E-state index in [0.717, 1.165) is 16.7 Å². The molecule has 0 bridgehead atoms. The molecule has 0 aromatic heterocycles. The van der Waals surface area contributed by atoms with E-state index in [9.17, 15) is 14.4 Å². The molecule has 214 valence electrons. The Kier molecular flexibility index (Phi) is 12.2. The summed E-state index contributed by atoms with van der Waals surface area (Å²) in [6.45, 7) is 11.4.